The molecule has 0 aromatic carbocycles. The Hall–Kier alpha value is -0.510. The summed E-state index contributed by atoms with van der Waals surface area (Å²) in [6.07, 6.45) is -2.31. The highest BCUT2D eigenvalue weighted by molar-refractivity contribution is 7.73. The number of nitrogens with two attached hydrogens (primary N) is 1. The summed E-state index contributed by atoms with van der Waals surface area (Å²) in [7, 11) is 0. The molecule has 1 fully saturated rings. The molecule has 0 saturated carbocycles. The molecule has 0 radical (unpaired) electrons. The van der Waals surface area contributed by atoms with Gasteiger partial charge in [0.2, 0.25) is 0 Å². The molecule has 1 aromatic heterocycles. The number of aliphatic hydroxyl groups excluding tert-OH is 3. The molecule has 0 spiro atoms. The van der Waals surface area contributed by atoms with Gasteiger partial charge in [-0.25, -0.2) is 0 Å². The van der Waals surface area contributed by atoms with Crippen LogP contribution in [0.4, 0.5) is 5.00 Å². The molecule has 0 unspecified atom stereocenters. The third-order valence-electron chi connectivity index (χ3n) is 2.47. The molecule has 2 heterocycles. The average molecular weight is 264 g/mol. The van der Waals surface area contributed by atoms with E-state index in [-0.39, 0.29) is 6.61 Å². The monoisotopic (exact) mass is 264 g/mol. The number of thiazole rings is 1. The van der Waals surface area contributed by atoms with Crippen LogP contribution < -0.4 is 5.73 Å². The lowest BCUT2D eigenvalue weighted by Crippen LogP contribution is -2.33. The Labute approximate surface area is 101 Å². The van der Waals surface area contributed by atoms with Crippen molar-refractivity contribution in [2.75, 3.05) is 12.3 Å². The minimum absolute atomic E-state index is 0.359. The molecule has 0 bridgehead atoms. The van der Waals surface area contributed by atoms with Crippen LogP contribution in [-0.4, -0.2) is 44.8 Å². The van der Waals surface area contributed by atoms with Crippen LogP contribution in [0.15, 0.2) is 6.20 Å². The van der Waals surface area contributed by atoms with Gasteiger partial charge in [-0.2, -0.15) is 0 Å². The van der Waals surface area contributed by atoms with Crippen molar-refractivity contribution in [2.45, 2.75) is 24.5 Å². The number of anilines is 1. The Kier molecular flexibility index (Phi) is 3.29. The summed E-state index contributed by atoms with van der Waals surface area (Å²) in [5.74, 6) is 0. The number of rotatable bonds is 2. The van der Waals surface area contributed by atoms with Crippen molar-refractivity contribution < 1.29 is 20.1 Å². The number of nitrogen functional groups attached to an aromatic ring is 1. The van der Waals surface area contributed by atoms with Crippen LogP contribution in [0.3, 0.4) is 0 Å². The van der Waals surface area contributed by atoms with Gasteiger partial charge in [0.15, 0.2) is 10.2 Å². The fourth-order valence-electron chi connectivity index (χ4n) is 1.66. The number of aromatic nitrogens is 1. The smallest absolute Gasteiger partial charge is 0.165 e. The maximum Gasteiger partial charge on any atom is 0.165 e. The van der Waals surface area contributed by atoms with Crippen molar-refractivity contribution in [3.8, 4) is 0 Å². The molecule has 0 amide bonds. The maximum atomic E-state index is 9.76. The molecular weight excluding hydrogens is 252 g/mol. The van der Waals surface area contributed by atoms with E-state index in [1.165, 1.54) is 15.9 Å². The average Bonchev–Trinajstić information content (AvgIpc) is 2.70. The molecule has 1 aliphatic rings. The van der Waals surface area contributed by atoms with Gasteiger partial charge in [0.1, 0.15) is 23.3 Å². The first-order chi connectivity index (χ1) is 7.54. The van der Waals surface area contributed by atoms with Gasteiger partial charge in [-0.1, -0.05) is 11.3 Å². The molecule has 16 heavy (non-hydrogen) atoms. The summed E-state index contributed by atoms with van der Waals surface area (Å²) >= 11 is 6.23. The van der Waals surface area contributed by atoms with E-state index in [0.29, 0.717) is 8.96 Å². The predicted molar refractivity (Wildman–Crippen MR) is 60.6 cm³/mol. The lowest BCUT2D eigenvalue weighted by atomic mass is 10.1. The zero-order chi connectivity index (χ0) is 11.9. The van der Waals surface area contributed by atoms with E-state index in [9.17, 15) is 10.2 Å². The second-order valence-electron chi connectivity index (χ2n) is 3.54. The first kappa shape index (κ1) is 12.0. The highest BCUT2D eigenvalue weighted by atomic mass is 32.1. The number of ether oxygens (including phenoxy) is 1. The van der Waals surface area contributed by atoms with E-state index in [0.717, 1.165) is 0 Å². The quantitative estimate of drug-likeness (QED) is 0.536. The molecule has 90 valence electrons. The van der Waals surface area contributed by atoms with E-state index in [4.69, 9.17) is 27.8 Å². The molecule has 8 heteroatoms. The van der Waals surface area contributed by atoms with E-state index in [1.54, 1.807) is 6.20 Å². The molecule has 5 N–H and O–H groups in total. The van der Waals surface area contributed by atoms with E-state index in [2.05, 4.69) is 0 Å². The van der Waals surface area contributed by atoms with Crippen LogP contribution in [0.1, 0.15) is 6.23 Å². The third-order valence-corrected chi connectivity index (χ3v) is 3.66. The highest BCUT2D eigenvalue weighted by Crippen LogP contribution is 2.31. The van der Waals surface area contributed by atoms with Gasteiger partial charge in [-0.3, -0.25) is 4.57 Å². The van der Waals surface area contributed by atoms with Crippen molar-refractivity contribution >= 4 is 28.6 Å². The van der Waals surface area contributed by atoms with Gasteiger partial charge in [0.05, 0.1) is 6.61 Å². The van der Waals surface area contributed by atoms with Crippen LogP contribution >= 0.6 is 23.6 Å². The molecule has 6 nitrogen and oxygen atoms in total. The minimum Gasteiger partial charge on any atom is -0.394 e. The summed E-state index contributed by atoms with van der Waals surface area (Å²) in [5, 5.41) is 28.8. The maximum absolute atomic E-state index is 9.76. The van der Waals surface area contributed by atoms with E-state index in [1.807, 2.05) is 0 Å². The van der Waals surface area contributed by atoms with Crippen LogP contribution in [-0.2, 0) is 4.74 Å². The van der Waals surface area contributed by atoms with E-state index < -0.39 is 24.5 Å². The normalized spacial score (nSPS) is 34.4. The minimum atomic E-state index is -1.13. The molecule has 1 aromatic rings. The number of aliphatic hydroxyl groups is 3. The topological polar surface area (TPSA) is 101 Å². The van der Waals surface area contributed by atoms with Gasteiger partial charge in [-0.05, 0) is 12.2 Å². The van der Waals surface area contributed by atoms with Crippen molar-refractivity contribution in [3.05, 3.63) is 10.2 Å². The summed E-state index contributed by atoms with van der Waals surface area (Å²) in [4.78, 5) is 0. The number of hydrogen-bond donors (Lipinski definition) is 4. The first-order valence-electron chi connectivity index (χ1n) is 4.64. The second-order valence-corrected chi connectivity index (χ2v) is 5.24. The first-order valence-corrected chi connectivity index (χ1v) is 5.87. The van der Waals surface area contributed by atoms with Crippen LogP contribution in [0.5, 0.6) is 0 Å². The van der Waals surface area contributed by atoms with Crippen molar-refractivity contribution in [1.29, 1.82) is 0 Å². The highest BCUT2D eigenvalue weighted by Gasteiger charge is 2.43. The van der Waals surface area contributed by atoms with Crippen molar-refractivity contribution in [1.82, 2.24) is 4.57 Å². The molecule has 2 rings (SSSR count). The summed E-state index contributed by atoms with van der Waals surface area (Å²) < 4.78 is 7.25. The second kappa shape index (κ2) is 4.40. The lowest BCUT2D eigenvalue weighted by molar-refractivity contribution is -0.0528. The lowest BCUT2D eigenvalue weighted by Gasteiger charge is -2.15. The fourth-order valence-corrected chi connectivity index (χ4v) is 2.73. The molecule has 1 saturated heterocycles. The Bertz CT molecular complexity index is 432. The van der Waals surface area contributed by atoms with Crippen molar-refractivity contribution in [3.63, 3.8) is 0 Å². The summed E-state index contributed by atoms with van der Waals surface area (Å²) in [6, 6.07) is 0. The Morgan fingerprint density at radius 1 is 1.50 bits per heavy atom. The SMILES string of the molecule is Nc1cn([C@@H]2O[C@H](CO)[C@@H](O)[C@H]2O)c(=S)s1. The largest absolute Gasteiger partial charge is 0.394 e. The standard InChI is InChI=1S/C8H12N2O4S2/c9-4-1-10(8(15)16-4)7-6(13)5(12)3(2-11)14-7/h1,3,5-7,11-13H,2,9H2/t3-,5-,6-,7-/m1/s1. The fraction of sp³-hybridized carbons (Fsp3) is 0.625. The summed E-state index contributed by atoms with van der Waals surface area (Å²) in [6.45, 7) is -0.359. The van der Waals surface area contributed by atoms with Crippen LogP contribution in [0.25, 0.3) is 0 Å². The van der Waals surface area contributed by atoms with Crippen molar-refractivity contribution in [2.24, 2.45) is 0 Å². The Balaban J connectivity index is 2.29. The molecule has 4 atom stereocenters. The van der Waals surface area contributed by atoms with Crippen LogP contribution in [0, 0.1) is 3.95 Å². The number of nitrogens with zero attached hydrogens (tertiary/aromatic N) is 1. The Morgan fingerprint density at radius 3 is 2.62 bits per heavy atom. The van der Waals surface area contributed by atoms with Gasteiger partial charge in [0, 0.05) is 6.20 Å². The zero-order valence-corrected chi connectivity index (χ0v) is 9.82. The Morgan fingerprint density at radius 2 is 2.19 bits per heavy atom. The van der Waals surface area contributed by atoms with Gasteiger partial charge in [-0.15, -0.1) is 0 Å². The molecule has 1 aliphatic heterocycles. The van der Waals surface area contributed by atoms with E-state index >= 15 is 0 Å². The summed E-state index contributed by atoms with van der Waals surface area (Å²) in [5.41, 5.74) is 5.58. The molecule has 0 aliphatic carbocycles. The zero-order valence-electron chi connectivity index (χ0n) is 8.18. The molecular formula is C8H12N2O4S2. The predicted octanol–water partition coefficient (Wildman–Crippen LogP) is -0.527. The third kappa shape index (κ3) is 1.88. The van der Waals surface area contributed by atoms with Gasteiger partial charge < -0.3 is 25.8 Å². The van der Waals surface area contributed by atoms with Gasteiger partial charge in [0.25, 0.3) is 0 Å². The van der Waals surface area contributed by atoms with Gasteiger partial charge >= 0.3 is 0 Å². The number of hydrogen-bond acceptors (Lipinski definition) is 7. The van der Waals surface area contributed by atoms with Crippen LogP contribution in [0.2, 0.25) is 0 Å².